The first-order valence-corrected chi connectivity index (χ1v) is 8.91. The van der Waals surface area contributed by atoms with Crippen LogP contribution in [0.3, 0.4) is 0 Å². The Bertz CT molecular complexity index is 722. The molecule has 4 heteroatoms. The lowest BCUT2D eigenvalue weighted by Crippen LogP contribution is -2.42. The second-order valence-corrected chi connectivity index (χ2v) is 6.91. The van der Waals surface area contributed by atoms with Crippen molar-refractivity contribution in [2.75, 3.05) is 18.4 Å². The lowest BCUT2D eigenvalue weighted by molar-refractivity contribution is 0.0683. The number of piperidine rings is 1. The molecule has 0 saturated carbocycles. The van der Waals surface area contributed by atoms with Gasteiger partial charge in [0.2, 0.25) is 0 Å². The second kappa shape index (κ2) is 7.70. The Morgan fingerprint density at radius 2 is 1.76 bits per heavy atom. The van der Waals surface area contributed by atoms with Crippen molar-refractivity contribution in [3.63, 3.8) is 0 Å². The van der Waals surface area contributed by atoms with Crippen LogP contribution in [0.1, 0.15) is 35.6 Å². The molecule has 3 rings (SSSR count). The van der Waals surface area contributed by atoms with Crippen LogP contribution in [-0.4, -0.2) is 29.1 Å². The number of nitrogens with one attached hydrogen (secondary N) is 1. The van der Waals surface area contributed by atoms with E-state index in [9.17, 15) is 9.90 Å². The van der Waals surface area contributed by atoms with Crippen molar-refractivity contribution in [3.05, 3.63) is 65.2 Å². The van der Waals surface area contributed by atoms with Gasteiger partial charge in [-0.15, -0.1) is 0 Å². The van der Waals surface area contributed by atoms with E-state index in [-0.39, 0.29) is 11.9 Å². The number of nitrogens with zero attached hydrogens (tertiary/aromatic N) is 1. The standard InChI is InChI=1S/C21H26N2O2/c1-15-8-9-19(14-16(15)2)22-21(25)23-12-10-18(11-13-23)20(24)17-6-4-3-5-7-17/h3-9,14,18,20,24H,10-13H2,1-2H3,(H,22,25). The first-order valence-electron chi connectivity index (χ1n) is 8.91. The van der Waals surface area contributed by atoms with Crippen LogP contribution >= 0.6 is 0 Å². The number of likely N-dealkylation sites (tertiary alicyclic amines) is 1. The molecule has 0 radical (unpaired) electrons. The largest absolute Gasteiger partial charge is 0.388 e. The summed E-state index contributed by atoms with van der Waals surface area (Å²) in [7, 11) is 0. The van der Waals surface area contributed by atoms with Gasteiger partial charge < -0.3 is 15.3 Å². The minimum absolute atomic E-state index is 0.0593. The number of hydrogen-bond acceptors (Lipinski definition) is 2. The number of aliphatic hydroxyl groups excluding tert-OH is 1. The van der Waals surface area contributed by atoms with Crippen molar-refractivity contribution in [1.82, 2.24) is 4.90 Å². The molecule has 0 bridgehead atoms. The highest BCUT2D eigenvalue weighted by atomic mass is 16.3. The molecule has 0 aliphatic carbocycles. The number of benzene rings is 2. The molecule has 1 unspecified atom stereocenters. The van der Waals surface area contributed by atoms with Gasteiger partial charge >= 0.3 is 6.03 Å². The van der Waals surface area contributed by atoms with E-state index >= 15 is 0 Å². The van der Waals surface area contributed by atoms with Gasteiger partial charge in [-0.2, -0.15) is 0 Å². The summed E-state index contributed by atoms with van der Waals surface area (Å²) in [5, 5.41) is 13.5. The second-order valence-electron chi connectivity index (χ2n) is 6.91. The maximum Gasteiger partial charge on any atom is 0.321 e. The molecular formula is C21H26N2O2. The lowest BCUT2D eigenvalue weighted by atomic mass is 9.87. The molecule has 1 heterocycles. The summed E-state index contributed by atoms with van der Waals surface area (Å²) >= 11 is 0. The Morgan fingerprint density at radius 3 is 2.40 bits per heavy atom. The molecule has 1 aliphatic rings. The first kappa shape index (κ1) is 17.5. The Hall–Kier alpha value is -2.33. The molecule has 2 aromatic carbocycles. The van der Waals surface area contributed by atoms with Crippen molar-refractivity contribution in [3.8, 4) is 0 Å². The fourth-order valence-electron chi connectivity index (χ4n) is 3.36. The number of urea groups is 1. The molecule has 2 N–H and O–H groups in total. The lowest BCUT2D eigenvalue weighted by Gasteiger charge is -2.34. The van der Waals surface area contributed by atoms with Crippen molar-refractivity contribution >= 4 is 11.7 Å². The zero-order valence-electron chi connectivity index (χ0n) is 14.9. The van der Waals surface area contributed by atoms with Crippen LogP contribution in [0, 0.1) is 19.8 Å². The van der Waals surface area contributed by atoms with Gasteiger partial charge in [0.15, 0.2) is 0 Å². The average molecular weight is 338 g/mol. The monoisotopic (exact) mass is 338 g/mol. The van der Waals surface area contributed by atoms with E-state index in [4.69, 9.17) is 0 Å². The highest BCUT2D eigenvalue weighted by Gasteiger charge is 2.28. The van der Waals surface area contributed by atoms with Crippen LogP contribution in [0.5, 0.6) is 0 Å². The summed E-state index contributed by atoms with van der Waals surface area (Å²) in [5.41, 5.74) is 4.18. The highest BCUT2D eigenvalue weighted by Crippen LogP contribution is 2.30. The summed E-state index contributed by atoms with van der Waals surface area (Å²) in [6.45, 7) is 5.45. The SMILES string of the molecule is Cc1ccc(NC(=O)N2CCC(C(O)c3ccccc3)CC2)cc1C. The van der Waals surface area contributed by atoms with E-state index in [1.165, 1.54) is 11.1 Å². The van der Waals surface area contributed by atoms with Gasteiger partial charge in [-0.1, -0.05) is 36.4 Å². The number of aryl methyl sites for hydroxylation is 2. The van der Waals surface area contributed by atoms with E-state index in [0.717, 1.165) is 24.1 Å². The van der Waals surface area contributed by atoms with Crippen LogP contribution < -0.4 is 5.32 Å². The smallest absolute Gasteiger partial charge is 0.321 e. The van der Waals surface area contributed by atoms with Crippen molar-refractivity contribution in [1.29, 1.82) is 0 Å². The third-order valence-corrected chi connectivity index (χ3v) is 5.17. The van der Waals surface area contributed by atoms with Crippen molar-refractivity contribution in [2.24, 2.45) is 5.92 Å². The fourth-order valence-corrected chi connectivity index (χ4v) is 3.36. The summed E-state index contributed by atoms with van der Waals surface area (Å²) in [6.07, 6.45) is 1.18. The van der Waals surface area contributed by atoms with Gasteiger partial charge in [-0.25, -0.2) is 4.79 Å². The molecule has 4 nitrogen and oxygen atoms in total. The topological polar surface area (TPSA) is 52.6 Å². The first-order chi connectivity index (χ1) is 12.0. The van der Waals surface area contributed by atoms with Gasteiger partial charge in [0.1, 0.15) is 0 Å². The average Bonchev–Trinajstić information content (AvgIpc) is 2.65. The van der Waals surface area contributed by atoms with Gasteiger partial charge in [-0.3, -0.25) is 0 Å². The number of amides is 2. The molecule has 2 amide bonds. The van der Waals surface area contributed by atoms with E-state index in [2.05, 4.69) is 12.2 Å². The van der Waals surface area contributed by atoms with Crippen LogP contribution in [0.2, 0.25) is 0 Å². The number of hydrogen-bond donors (Lipinski definition) is 2. The number of rotatable bonds is 3. The van der Waals surface area contributed by atoms with Crippen LogP contribution in [0.4, 0.5) is 10.5 Å². The normalized spacial score (nSPS) is 16.5. The van der Waals surface area contributed by atoms with Gasteiger partial charge in [0, 0.05) is 18.8 Å². The highest BCUT2D eigenvalue weighted by molar-refractivity contribution is 5.89. The third-order valence-electron chi connectivity index (χ3n) is 5.17. The van der Waals surface area contributed by atoms with Gasteiger partial charge in [-0.05, 0) is 61.4 Å². The number of carbonyl (C=O) groups excluding carboxylic acids is 1. The number of anilines is 1. The molecule has 1 saturated heterocycles. The molecule has 1 aliphatic heterocycles. The molecule has 1 fully saturated rings. The molecular weight excluding hydrogens is 312 g/mol. The summed E-state index contributed by atoms with van der Waals surface area (Å²) in [5.74, 6) is 0.202. The van der Waals surface area contributed by atoms with E-state index < -0.39 is 6.10 Å². The quantitative estimate of drug-likeness (QED) is 0.877. The number of carbonyl (C=O) groups is 1. The molecule has 2 aromatic rings. The van der Waals surface area contributed by atoms with E-state index in [0.29, 0.717) is 13.1 Å². The Morgan fingerprint density at radius 1 is 1.08 bits per heavy atom. The Kier molecular flexibility index (Phi) is 5.39. The molecule has 0 spiro atoms. The predicted molar refractivity (Wildman–Crippen MR) is 101 cm³/mol. The predicted octanol–water partition coefficient (Wildman–Crippen LogP) is 4.28. The summed E-state index contributed by atoms with van der Waals surface area (Å²) in [6, 6.07) is 15.7. The third kappa shape index (κ3) is 4.20. The van der Waals surface area contributed by atoms with E-state index in [1.54, 1.807) is 0 Å². The van der Waals surface area contributed by atoms with Gasteiger partial charge in [0.25, 0.3) is 0 Å². The fraction of sp³-hybridized carbons (Fsp3) is 0.381. The molecule has 25 heavy (non-hydrogen) atoms. The van der Waals surface area contributed by atoms with E-state index in [1.807, 2.05) is 60.4 Å². The van der Waals surface area contributed by atoms with Crippen LogP contribution in [-0.2, 0) is 0 Å². The summed E-state index contributed by atoms with van der Waals surface area (Å²) < 4.78 is 0. The minimum Gasteiger partial charge on any atom is -0.388 e. The molecule has 0 aromatic heterocycles. The number of aliphatic hydroxyl groups is 1. The van der Waals surface area contributed by atoms with Gasteiger partial charge in [0.05, 0.1) is 6.10 Å². The van der Waals surface area contributed by atoms with Crippen LogP contribution in [0.15, 0.2) is 48.5 Å². The minimum atomic E-state index is -0.453. The maximum atomic E-state index is 12.5. The van der Waals surface area contributed by atoms with Crippen molar-refractivity contribution < 1.29 is 9.90 Å². The Labute approximate surface area is 149 Å². The summed E-state index contributed by atoms with van der Waals surface area (Å²) in [4.78, 5) is 14.3. The molecule has 1 atom stereocenters. The van der Waals surface area contributed by atoms with Crippen LogP contribution in [0.25, 0.3) is 0 Å². The molecule has 132 valence electrons. The zero-order valence-corrected chi connectivity index (χ0v) is 14.9. The maximum absolute atomic E-state index is 12.5. The Balaban J connectivity index is 1.54. The zero-order chi connectivity index (χ0) is 17.8. The van der Waals surface area contributed by atoms with Crippen molar-refractivity contribution in [2.45, 2.75) is 32.8 Å².